The van der Waals surface area contributed by atoms with Gasteiger partial charge in [0.1, 0.15) is 0 Å². The largest absolute Gasteiger partial charge is 0.503 e. The number of ether oxygens (including phenoxy) is 2. The van der Waals surface area contributed by atoms with Gasteiger partial charge in [0.2, 0.25) is 6.79 Å². The van der Waals surface area contributed by atoms with Crippen LogP contribution in [-0.4, -0.2) is 23.2 Å². The Balaban J connectivity index is 0.000000245. The zero-order valence-electron chi connectivity index (χ0n) is 7.84. The molecule has 2 rings (SSSR count). The second-order valence-electron chi connectivity index (χ2n) is 2.67. The monoisotopic (exact) mass is 213 g/mol. The summed E-state index contributed by atoms with van der Waals surface area (Å²) in [4.78, 5) is 8.56. The lowest BCUT2D eigenvalue weighted by Gasteiger charge is -1.97. The van der Waals surface area contributed by atoms with Crippen molar-refractivity contribution in [2.24, 2.45) is 5.73 Å². The molecular formula is C9H11NO5. The number of nitrogens with two attached hydrogens (primary N) is 1. The van der Waals surface area contributed by atoms with E-state index in [0.29, 0.717) is 13.3 Å². The maximum Gasteiger partial charge on any atom is 0.503 e. The zero-order chi connectivity index (χ0) is 11.3. The molecule has 0 saturated carbocycles. The van der Waals surface area contributed by atoms with E-state index in [4.69, 9.17) is 30.2 Å². The molecule has 1 aromatic carbocycles. The van der Waals surface area contributed by atoms with Crippen LogP contribution in [0.1, 0.15) is 5.56 Å². The molecule has 0 fully saturated rings. The molecule has 1 aliphatic rings. The minimum Gasteiger partial charge on any atom is -0.454 e. The van der Waals surface area contributed by atoms with Gasteiger partial charge in [-0.3, -0.25) is 0 Å². The SMILES string of the molecule is NCc1ccc2c(c1)OCO2.O=C(O)O. The van der Waals surface area contributed by atoms with Gasteiger partial charge in [0, 0.05) is 6.54 Å². The van der Waals surface area contributed by atoms with Gasteiger partial charge in [-0.05, 0) is 17.7 Å². The number of hydrogen-bond acceptors (Lipinski definition) is 4. The Bertz CT molecular complexity index is 348. The smallest absolute Gasteiger partial charge is 0.454 e. The second kappa shape index (κ2) is 5.06. The van der Waals surface area contributed by atoms with Crippen LogP contribution in [-0.2, 0) is 6.54 Å². The minimum absolute atomic E-state index is 0.323. The summed E-state index contributed by atoms with van der Waals surface area (Å²) in [6.07, 6.45) is -1.83. The normalized spacial score (nSPS) is 11.5. The molecule has 1 heterocycles. The van der Waals surface area contributed by atoms with Gasteiger partial charge in [-0.2, -0.15) is 0 Å². The van der Waals surface area contributed by atoms with Crippen LogP contribution in [0.25, 0.3) is 0 Å². The van der Waals surface area contributed by atoms with Gasteiger partial charge in [-0.25, -0.2) is 4.79 Å². The van der Waals surface area contributed by atoms with E-state index in [1.807, 2.05) is 18.2 Å². The standard InChI is InChI=1S/C8H9NO2.CH2O3/c9-4-6-1-2-7-8(3-6)11-5-10-7;2-1(3)4/h1-3H,4-5,9H2;(H2,2,3,4). The minimum atomic E-state index is -1.83. The summed E-state index contributed by atoms with van der Waals surface area (Å²) in [6.45, 7) is 0.861. The van der Waals surface area contributed by atoms with Crippen LogP contribution in [0.15, 0.2) is 18.2 Å². The fourth-order valence-electron chi connectivity index (χ4n) is 1.07. The Morgan fingerprint density at radius 1 is 1.33 bits per heavy atom. The lowest BCUT2D eigenvalue weighted by Crippen LogP contribution is -1.95. The van der Waals surface area contributed by atoms with Gasteiger partial charge < -0.3 is 25.4 Å². The molecule has 15 heavy (non-hydrogen) atoms. The highest BCUT2D eigenvalue weighted by Crippen LogP contribution is 2.32. The van der Waals surface area contributed by atoms with Crippen LogP contribution in [0.2, 0.25) is 0 Å². The third-order valence-corrected chi connectivity index (χ3v) is 1.67. The third-order valence-electron chi connectivity index (χ3n) is 1.67. The highest BCUT2D eigenvalue weighted by Gasteiger charge is 2.11. The molecule has 6 heteroatoms. The number of hydrogen-bond donors (Lipinski definition) is 3. The number of carboxylic acid groups (broad SMARTS) is 2. The van der Waals surface area contributed by atoms with Crippen molar-refractivity contribution in [3.05, 3.63) is 23.8 Å². The first-order valence-electron chi connectivity index (χ1n) is 4.14. The predicted octanol–water partition coefficient (Wildman–Crippen LogP) is 1.10. The molecule has 82 valence electrons. The van der Waals surface area contributed by atoms with E-state index in [-0.39, 0.29) is 0 Å². The maximum atomic E-state index is 8.56. The average molecular weight is 213 g/mol. The van der Waals surface area contributed by atoms with Crippen LogP contribution in [0, 0.1) is 0 Å². The Kier molecular flexibility index (Phi) is 3.75. The molecule has 6 nitrogen and oxygen atoms in total. The van der Waals surface area contributed by atoms with Crippen LogP contribution < -0.4 is 15.2 Å². The van der Waals surface area contributed by atoms with E-state index < -0.39 is 6.16 Å². The van der Waals surface area contributed by atoms with E-state index >= 15 is 0 Å². The summed E-state index contributed by atoms with van der Waals surface area (Å²) in [7, 11) is 0. The van der Waals surface area contributed by atoms with Gasteiger partial charge in [0.05, 0.1) is 0 Å². The first-order chi connectivity index (χ1) is 7.13. The summed E-state index contributed by atoms with van der Waals surface area (Å²) in [5.41, 5.74) is 6.51. The Hall–Kier alpha value is -1.95. The molecule has 0 amide bonds. The van der Waals surface area contributed by atoms with E-state index in [1.165, 1.54) is 0 Å². The van der Waals surface area contributed by atoms with E-state index in [0.717, 1.165) is 17.1 Å². The zero-order valence-corrected chi connectivity index (χ0v) is 7.84. The van der Waals surface area contributed by atoms with Gasteiger partial charge in [-0.15, -0.1) is 0 Å². The first kappa shape index (κ1) is 11.1. The fraction of sp³-hybridized carbons (Fsp3) is 0.222. The summed E-state index contributed by atoms with van der Waals surface area (Å²) in [6, 6.07) is 5.72. The van der Waals surface area contributed by atoms with Gasteiger partial charge in [0.15, 0.2) is 11.5 Å². The lowest BCUT2D eigenvalue weighted by molar-refractivity contribution is 0.137. The van der Waals surface area contributed by atoms with E-state index in [1.54, 1.807) is 0 Å². The quantitative estimate of drug-likeness (QED) is 0.645. The van der Waals surface area contributed by atoms with Crippen LogP contribution in [0.4, 0.5) is 4.79 Å². The van der Waals surface area contributed by atoms with Crippen molar-refractivity contribution in [3.63, 3.8) is 0 Å². The number of fused-ring (bicyclic) bond motifs is 1. The highest BCUT2D eigenvalue weighted by molar-refractivity contribution is 5.53. The summed E-state index contributed by atoms with van der Waals surface area (Å²) in [5.74, 6) is 1.61. The molecule has 1 aliphatic heterocycles. The van der Waals surface area contributed by atoms with Gasteiger partial charge >= 0.3 is 6.16 Å². The van der Waals surface area contributed by atoms with Crippen LogP contribution in [0.3, 0.4) is 0 Å². The molecule has 0 radical (unpaired) electrons. The first-order valence-corrected chi connectivity index (χ1v) is 4.14. The van der Waals surface area contributed by atoms with Crippen LogP contribution >= 0.6 is 0 Å². The molecule has 0 bridgehead atoms. The fourth-order valence-corrected chi connectivity index (χ4v) is 1.07. The number of benzene rings is 1. The van der Waals surface area contributed by atoms with E-state index in [2.05, 4.69) is 0 Å². The lowest BCUT2D eigenvalue weighted by atomic mass is 10.2. The molecule has 0 aromatic heterocycles. The third kappa shape index (κ3) is 3.35. The van der Waals surface area contributed by atoms with Gasteiger partial charge in [0.25, 0.3) is 0 Å². The van der Waals surface area contributed by atoms with Crippen molar-refractivity contribution >= 4 is 6.16 Å². The van der Waals surface area contributed by atoms with Gasteiger partial charge in [-0.1, -0.05) is 6.07 Å². The Morgan fingerprint density at radius 2 is 1.93 bits per heavy atom. The highest BCUT2D eigenvalue weighted by atomic mass is 16.7. The summed E-state index contributed by atoms with van der Waals surface area (Å²) in [5, 5.41) is 13.9. The van der Waals surface area contributed by atoms with Crippen molar-refractivity contribution in [3.8, 4) is 11.5 Å². The molecule has 0 atom stereocenters. The average Bonchev–Trinajstić information content (AvgIpc) is 2.63. The van der Waals surface area contributed by atoms with Crippen molar-refractivity contribution in [1.29, 1.82) is 0 Å². The second-order valence-corrected chi connectivity index (χ2v) is 2.67. The molecule has 0 spiro atoms. The van der Waals surface area contributed by atoms with Crippen LogP contribution in [0.5, 0.6) is 11.5 Å². The molecule has 1 aromatic rings. The molecular weight excluding hydrogens is 202 g/mol. The van der Waals surface area contributed by atoms with Crippen molar-refractivity contribution < 1.29 is 24.5 Å². The number of carbonyl (C=O) groups is 1. The maximum absolute atomic E-state index is 8.56. The topological polar surface area (TPSA) is 102 Å². The van der Waals surface area contributed by atoms with Crippen molar-refractivity contribution in [2.45, 2.75) is 6.54 Å². The molecule has 0 saturated heterocycles. The summed E-state index contributed by atoms with van der Waals surface area (Å²) < 4.78 is 10.3. The van der Waals surface area contributed by atoms with Crippen molar-refractivity contribution in [1.82, 2.24) is 0 Å². The predicted molar refractivity (Wildman–Crippen MR) is 51.1 cm³/mol. The Morgan fingerprint density at radius 3 is 2.53 bits per heavy atom. The summed E-state index contributed by atoms with van der Waals surface area (Å²) >= 11 is 0. The molecule has 4 N–H and O–H groups in total. The molecule has 0 unspecified atom stereocenters. The molecule has 0 aliphatic carbocycles. The number of rotatable bonds is 1. The van der Waals surface area contributed by atoms with Crippen molar-refractivity contribution in [2.75, 3.05) is 6.79 Å². The Labute approximate surface area is 85.8 Å². The van der Waals surface area contributed by atoms with E-state index in [9.17, 15) is 0 Å².